The monoisotopic (exact) mass is 475 g/mol. The first-order valence-electron chi connectivity index (χ1n) is 11.7. The first kappa shape index (κ1) is 24.0. The van der Waals surface area contributed by atoms with Gasteiger partial charge in [-0.05, 0) is 44.2 Å². The number of nitrogens with zero attached hydrogens (tertiary/aromatic N) is 3. The number of hydrogen-bond acceptors (Lipinski definition) is 5. The van der Waals surface area contributed by atoms with E-state index in [0.717, 1.165) is 25.3 Å². The molecule has 2 unspecified atom stereocenters. The lowest BCUT2D eigenvalue weighted by Crippen LogP contribution is -2.43. The Bertz CT molecular complexity index is 994. The zero-order chi connectivity index (χ0) is 24.1. The highest BCUT2D eigenvalue weighted by molar-refractivity contribution is 5.86. The van der Waals surface area contributed by atoms with Crippen LogP contribution in [0.4, 0.5) is 19.0 Å². The van der Waals surface area contributed by atoms with Crippen molar-refractivity contribution in [3.8, 4) is 0 Å². The van der Waals surface area contributed by atoms with Crippen LogP contribution in [0.25, 0.3) is 0 Å². The van der Waals surface area contributed by atoms with Crippen molar-refractivity contribution in [2.45, 2.75) is 44.4 Å². The van der Waals surface area contributed by atoms with Gasteiger partial charge in [-0.1, -0.05) is 30.3 Å². The molecular weight excluding hydrogens is 447 g/mol. The number of esters is 1. The highest BCUT2D eigenvalue weighted by atomic mass is 19.4. The number of piperidine rings is 2. The number of halogens is 3. The van der Waals surface area contributed by atoms with Crippen LogP contribution < -0.4 is 4.90 Å². The second-order valence-corrected chi connectivity index (χ2v) is 8.77. The highest BCUT2D eigenvalue weighted by Gasteiger charge is 2.39. The maximum atomic E-state index is 13.5. The van der Waals surface area contributed by atoms with Crippen LogP contribution in [0.15, 0.2) is 48.7 Å². The molecule has 3 heterocycles. The van der Waals surface area contributed by atoms with Crippen molar-refractivity contribution < 1.29 is 27.5 Å². The van der Waals surface area contributed by atoms with E-state index in [1.165, 1.54) is 17.2 Å². The number of likely N-dealkylation sites (tertiary alicyclic amines) is 1. The number of anilines is 1. The second kappa shape index (κ2) is 10.4. The Hall–Kier alpha value is -3.10. The van der Waals surface area contributed by atoms with E-state index < -0.39 is 29.7 Å². The summed E-state index contributed by atoms with van der Waals surface area (Å²) >= 11 is 0. The van der Waals surface area contributed by atoms with Gasteiger partial charge in [0.15, 0.2) is 0 Å². The van der Waals surface area contributed by atoms with E-state index in [1.54, 1.807) is 29.2 Å². The smallest absolute Gasteiger partial charge is 0.419 e. The molecule has 1 aromatic heterocycles. The molecule has 2 atom stereocenters. The number of amides is 1. The predicted molar refractivity (Wildman–Crippen MR) is 120 cm³/mol. The maximum absolute atomic E-state index is 13.5. The van der Waals surface area contributed by atoms with Crippen LogP contribution in [0, 0.1) is 5.92 Å². The Labute approximate surface area is 196 Å². The molecule has 1 aromatic carbocycles. The molecule has 2 saturated heterocycles. The lowest BCUT2D eigenvalue weighted by molar-refractivity contribution is -0.165. The minimum atomic E-state index is -4.55. The molecule has 0 saturated carbocycles. The number of pyridine rings is 1. The van der Waals surface area contributed by atoms with Gasteiger partial charge in [-0.25, -0.2) is 4.98 Å². The van der Waals surface area contributed by atoms with Crippen LogP contribution in [-0.2, 0) is 20.5 Å². The summed E-state index contributed by atoms with van der Waals surface area (Å²) in [6.07, 6.45) is -0.430. The first-order valence-corrected chi connectivity index (χ1v) is 11.7. The zero-order valence-electron chi connectivity index (χ0n) is 18.8. The fraction of sp³-hybridized carbons (Fsp3) is 0.480. The Balaban J connectivity index is 1.51. The fourth-order valence-electron chi connectivity index (χ4n) is 4.61. The number of aromatic nitrogens is 1. The molecular formula is C25H28F3N3O3. The quantitative estimate of drug-likeness (QED) is 0.591. The number of carbonyl (C=O) groups excluding carboxylic acids is 2. The number of alkyl halides is 3. The van der Waals surface area contributed by atoms with Crippen molar-refractivity contribution in [2.24, 2.45) is 5.92 Å². The molecule has 0 bridgehead atoms. The van der Waals surface area contributed by atoms with Gasteiger partial charge in [-0.2, -0.15) is 13.2 Å². The molecule has 2 fully saturated rings. The molecule has 182 valence electrons. The summed E-state index contributed by atoms with van der Waals surface area (Å²) in [5.41, 5.74) is -0.241. The second-order valence-electron chi connectivity index (χ2n) is 8.77. The average Bonchev–Trinajstić information content (AvgIpc) is 2.87. The molecule has 1 amide bonds. The fourth-order valence-corrected chi connectivity index (χ4v) is 4.61. The average molecular weight is 476 g/mol. The van der Waals surface area contributed by atoms with Crippen molar-refractivity contribution in [3.63, 3.8) is 0 Å². The first-order chi connectivity index (χ1) is 16.3. The highest BCUT2D eigenvalue weighted by Crippen LogP contribution is 2.37. The van der Waals surface area contributed by atoms with E-state index in [2.05, 4.69) is 4.98 Å². The number of hydrogen-bond donors (Lipinski definition) is 0. The molecule has 0 radical (unpaired) electrons. The summed E-state index contributed by atoms with van der Waals surface area (Å²) in [6.45, 7) is 1.66. The zero-order valence-corrected chi connectivity index (χ0v) is 18.8. The van der Waals surface area contributed by atoms with E-state index in [4.69, 9.17) is 4.74 Å². The van der Waals surface area contributed by atoms with Gasteiger partial charge in [0.25, 0.3) is 5.91 Å². The molecule has 6 nitrogen and oxygen atoms in total. The number of rotatable bonds is 5. The van der Waals surface area contributed by atoms with Crippen LogP contribution in [0.5, 0.6) is 0 Å². The number of benzene rings is 1. The van der Waals surface area contributed by atoms with E-state index in [1.807, 2.05) is 6.07 Å². The van der Waals surface area contributed by atoms with Crippen LogP contribution in [-0.4, -0.2) is 47.9 Å². The maximum Gasteiger partial charge on any atom is 0.419 e. The van der Waals surface area contributed by atoms with Gasteiger partial charge >= 0.3 is 12.1 Å². The van der Waals surface area contributed by atoms with Crippen molar-refractivity contribution in [1.82, 2.24) is 9.88 Å². The normalized spacial score (nSPS) is 20.0. The number of ether oxygens (including phenoxy) is 1. The summed E-state index contributed by atoms with van der Waals surface area (Å²) in [5, 5.41) is 0. The molecule has 0 spiro atoms. The lowest BCUT2D eigenvalue weighted by atomic mass is 9.97. The summed E-state index contributed by atoms with van der Waals surface area (Å²) < 4.78 is 46.2. The van der Waals surface area contributed by atoms with E-state index >= 15 is 0 Å². The van der Waals surface area contributed by atoms with Crippen molar-refractivity contribution in [3.05, 3.63) is 59.8 Å². The summed E-state index contributed by atoms with van der Waals surface area (Å²) in [4.78, 5) is 33.6. The van der Waals surface area contributed by atoms with E-state index in [-0.39, 0.29) is 18.3 Å². The van der Waals surface area contributed by atoms with Crippen molar-refractivity contribution in [2.75, 3.05) is 31.1 Å². The molecule has 34 heavy (non-hydrogen) atoms. The summed E-state index contributed by atoms with van der Waals surface area (Å²) in [5.74, 6) is -1.67. The summed E-state index contributed by atoms with van der Waals surface area (Å²) in [7, 11) is 0. The lowest BCUT2D eigenvalue weighted by Gasteiger charge is -2.35. The molecule has 0 N–H and O–H groups in total. The molecule has 4 rings (SSSR count). The number of carbonyl (C=O) groups is 2. The Morgan fingerprint density at radius 1 is 0.971 bits per heavy atom. The van der Waals surface area contributed by atoms with Gasteiger partial charge in [-0.3, -0.25) is 9.59 Å². The largest absolute Gasteiger partial charge is 0.447 e. The summed E-state index contributed by atoms with van der Waals surface area (Å²) in [6, 6.07) is 11.1. The minimum Gasteiger partial charge on any atom is -0.447 e. The SMILES string of the molecule is O=C(OC(C(=O)N1CCCCC1)c1ccccc1)C1CCCN(c2ncccc2C(F)(F)F)C1. The third-order valence-corrected chi connectivity index (χ3v) is 6.37. The van der Waals surface area contributed by atoms with Crippen LogP contribution in [0.2, 0.25) is 0 Å². The van der Waals surface area contributed by atoms with Gasteiger partial charge in [0.05, 0.1) is 11.5 Å². The van der Waals surface area contributed by atoms with Gasteiger partial charge in [0.1, 0.15) is 5.82 Å². The van der Waals surface area contributed by atoms with Gasteiger partial charge in [-0.15, -0.1) is 0 Å². The van der Waals surface area contributed by atoms with E-state index in [9.17, 15) is 22.8 Å². The van der Waals surface area contributed by atoms with Gasteiger partial charge in [0, 0.05) is 37.9 Å². The Kier molecular flexibility index (Phi) is 7.38. The Morgan fingerprint density at radius 3 is 2.41 bits per heavy atom. The predicted octanol–water partition coefficient (Wildman–Crippen LogP) is 4.61. The molecule has 0 aliphatic carbocycles. The third kappa shape index (κ3) is 5.51. The Morgan fingerprint density at radius 2 is 1.71 bits per heavy atom. The van der Waals surface area contributed by atoms with Gasteiger partial charge in [0.2, 0.25) is 6.10 Å². The molecule has 2 aliphatic rings. The van der Waals surface area contributed by atoms with Crippen LogP contribution >= 0.6 is 0 Å². The van der Waals surface area contributed by atoms with Crippen molar-refractivity contribution in [1.29, 1.82) is 0 Å². The van der Waals surface area contributed by atoms with Crippen LogP contribution in [0.3, 0.4) is 0 Å². The minimum absolute atomic E-state index is 0.0539. The molecule has 9 heteroatoms. The van der Waals surface area contributed by atoms with Crippen LogP contribution in [0.1, 0.15) is 49.3 Å². The van der Waals surface area contributed by atoms with Crippen molar-refractivity contribution >= 4 is 17.7 Å². The third-order valence-electron chi connectivity index (χ3n) is 6.37. The van der Waals surface area contributed by atoms with E-state index in [0.29, 0.717) is 38.0 Å². The molecule has 2 aromatic rings. The topological polar surface area (TPSA) is 62.7 Å². The molecule has 2 aliphatic heterocycles. The van der Waals surface area contributed by atoms with Gasteiger partial charge < -0.3 is 14.5 Å². The standard InChI is InChI=1S/C25H28F3N3O3/c26-25(27,28)20-12-7-13-29-22(20)31-16-8-11-19(17-31)24(33)34-21(18-9-3-1-4-10-18)23(32)30-14-5-2-6-15-30/h1,3-4,7,9-10,12-13,19,21H,2,5-6,8,11,14-17H2.